The van der Waals surface area contributed by atoms with Crippen LogP contribution in [0.3, 0.4) is 0 Å². The molecule has 1 fully saturated rings. The number of alkyl halides is 3. The molecule has 0 spiro atoms. The summed E-state index contributed by atoms with van der Waals surface area (Å²) in [6, 6.07) is 0. The van der Waals surface area contributed by atoms with E-state index in [-0.39, 0.29) is 4.75 Å². The summed E-state index contributed by atoms with van der Waals surface area (Å²) in [6.07, 6.45) is -0.721. The predicted octanol–water partition coefficient (Wildman–Crippen LogP) is 4.98. The number of thioether (sulfide) groups is 2. The number of carbonyl (C=O) groups is 1. The van der Waals surface area contributed by atoms with Gasteiger partial charge in [-0.2, -0.15) is 0 Å². The second-order valence-electron chi connectivity index (χ2n) is 4.24. The smallest absolute Gasteiger partial charge is 0.296 e. The highest BCUT2D eigenvalue weighted by Gasteiger charge is 2.38. The van der Waals surface area contributed by atoms with Crippen molar-refractivity contribution in [2.24, 2.45) is 10.1 Å². The maximum atomic E-state index is 11.7. The monoisotopic (exact) mass is 409 g/mol. The van der Waals surface area contributed by atoms with E-state index in [1.807, 2.05) is 20.8 Å². The van der Waals surface area contributed by atoms with Gasteiger partial charge in [0.15, 0.2) is 0 Å². The summed E-state index contributed by atoms with van der Waals surface area (Å²) < 4.78 is 0.0398. The summed E-state index contributed by atoms with van der Waals surface area (Å²) in [7, 11) is 1.43. The summed E-state index contributed by atoms with van der Waals surface area (Å²) >= 11 is 20.4. The lowest BCUT2D eigenvalue weighted by Crippen LogP contribution is -2.25. The molecule has 1 heterocycles. The second kappa shape index (κ2) is 7.88. The first kappa shape index (κ1) is 19.6. The van der Waals surface area contributed by atoms with Gasteiger partial charge in [0.05, 0.1) is 4.75 Å². The van der Waals surface area contributed by atoms with Crippen molar-refractivity contribution >= 4 is 85.8 Å². The quantitative estimate of drug-likeness (QED) is 0.284. The van der Waals surface area contributed by atoms with Crippen molar-refractivity contribution in [3.63, 3.8) is 0 Å². The van der Waals surface area contributed by atoms with Crippen LogP contribution in [-0.2, 0) is 4.84 Å². The topological polar surface area (TPSA) is 54.3 Å². The molecule has 0 atom stereocenters. The Morgan fingerprint density at radius 3 is 2.62 bits per heavy atom. The lowest BCUT2D eigenvalue weighted by molar-refractivity contribution is 0.137. The Labute approximate surface area is 151 Å². The fourth-order valence-corrected chi connectivity index (χ4v) is 5.20. The van der Waals surface area contributed by atoms with E-state index in [2.05, 4.69) is 10.1 Å². The van der Waals surface area contributed by atoms with Crippen molar-refractivity contribution in [2.75, 3.05) is 13.6 Å². The molecule has 0 aromatic rings. The maximum absolute atomic E-state index is 11.7. The van der Waals surface area contributed by atoms with Gasteiger partial charge in [0, 0.05) is 25.5 Å². The van der Waals surface area contributed by atoms with E-state index in [9.17, 15) is 4.79 Å². The number of hydrogen-bond acceptors (Lipinski definition) is 7. The molecule has 0 bridgehead atoms. The van der Waals surface area contributed by atoms with Crippen LogP contribution in [0.2, 0.25) is 0 Å². The molecule has 1 saturated heterocycles. The molecule has 0 aromatic carbocycles. The molecule has 0 unspecified atom stereocenters. The molecule has 5 nitrogen and oxygen atoms in total. The van der Waals surface area contributed by atoms with Gasteiger partial charge in [-0.3, -0.25) is 9.83 Å². The van der Waals surface area contributed by atoms with Crippen molar-refractivity contribution in [2.45, 2.75) is 28.6 Å². The van der Waals surface area contributed by atoms with E-state index in [0.29, 0.717) is 23.5 Å². The van der Waals surface area contributed by atoms with E-state index in [4.69, 9.17) is 39.6 Å². The highest BCUT2D eigenvalue weighted by molar-refractivity contribution is 8.50. The third-order valence-corrected chi connectivity index (χ3v) is 6.00. The minimum atomic E-state index is -1.64. The SMILES string of the molecule is CCN=C1SC(=NOC(=O)N(C)SC(Cl)(Cl)Cl)C(C)(C)S1. The summed E-state index contributed by atoms with van der Waals surface area (Å²) in [5.41, 5.74) is 0. The van der Waals surface area contributed by atoms with Crippen LogP contribution >= 0.6 is 70.3 Å². The normalized spacial score (nSPS) is 21.9. The van der Waals surface area contributed by atoms with Gasteiger partial charge in [-0.05, 0) is 32.5 Å². The molecule has 0 saturated carbocycles. The molecule has 1 aliphatic heterocycles. The fraction of sp³-hybridized carbons (Fsp3) is 0.700. The van der Waals surface area contributed by atoms with Crippen molar-refractivity contribution in [1.29, 1.82) is 0 Å². The van der Waals surface area contributed by atoms with E-state index in [1.165, 1.54) is 18.8 Å². The van der Waals surface area contributed by atoms with Gasteiger partial charge < -0.3 is 0 Å². The zero-order valence-electron chi connectivity index (χ0n) is 11.7. The number of amides is 1. The Kier molecular flexibility index (Phi) is 7.34. The van der Waals surface area contributed by atoms with E-state index in [0.717, 1.165) is 8.68 Å². The van der Waals surface area contributed by atoms with Crippen LogP contribution in [0, 0.1) is 0 Å². The Balaban J connectivity index is 2.68. The first-order valence-corrected chi connectivity index (χ1v) is 9.29. The third kappa shape index (κ3) is 6.66. The van der Waals surface area contributed by atoms with Crippen molar-refractivity contribution in [3.05, 3.63) is 0 Å². The number of rotatable bonds is 3. The Morgan fingerprint density at radius 2 is 2.10 bits per heavy atom. The zero-order valence-corrected chi connectivity index (χ0v) is 16.4. The van der Waals surface area contributed by atoms with E-state index >= 15 is 0 Å². The lowest BCUT2D eigenvalue weighted by Gasteiger charge is -2.18. The Hall–Kier alpha value is 0.530. The second-order valence-corrected chi connectivity index (χ2v) is 11.4. The standard InChI is InChI=1S/C10H14Cl3N3O2S3/c1-5-14-7-19-6(9(2,3)20-7)15-18-8(17)16(4)21-10(11,12)13/h5H2,1-4H3. The largest absolute Gasteiger partial charge is 0.445 e. The van der Waals surface area contributed by atoms with E-state index < -0.39 is 9.22 Å². The fourth-order valence-electron chi connectivity index (χ4n) is 1.14. The summed E-state index contributed by atoms with van der Waals surface area (Å²) in [4.78, 5) is 21.0. The number of nitrogens with zero attached hydrogens (tertiary/aromatic N) is 3. The minimum absolute atomic E-state index is 0.292. The van der Waals surface area contributed by atoms with Crippen LogP contribution in [0.25, 0.3) is 0 Å². The van der Waals surface area contributed by atoms with Crippen LogP contribution in [0.15, 0.2) is 10.1 Å². The highest BCUT2D eigenvalue weighted by atomic mass is 35.6. The number of halogens is 3. The molecule has 1 amide bonds. The molecule has 0 aromatic heterocycles. The van der Waals surface area contributed by atoms with Gasteiger partial charge >= 0.3 is 6.09 Å². The average Bonchev–Trinajstić information content (AvgIpc) is 2.58. The van der Waals surface area contributed by atoms with Crippen molar-refractivity contribution < 1.29 is 9.63 Å². The van der Waals surface area contributed by atoms with Gasteiger partial charge in [-0.25, -0.2) is 9.10 Å². The average molecular weight is 411 g/mol. The number of oxime groups is 1. The third-order valence-electron chi connectivity index (χ3n) is 2.03. The number of carbonyl (C=O) groups excluding carboxylic acids is 1. The van der Waals surface area contributed by atoms with Crippen LogP contribution in [0.1, 0.15) is 20.8 Å². The maximum Gasteiger partial charge on any atom is 0.445 e. The first-order valence-electron chi connectivity index (χ1n) is 5.75. The highest BCUT2D eigenvalue weighted by Crippen LogP contribution is 2.44. The Morgan fingerprint density at radius 1 is 1.48 bits per heavy atom. The molecule has 0 aliphatic carbocycles. The molecule has 1 rings (SSSR count). The molecular formula is C10H14Cl3N3O2S3. The summed E-state index contributed by atoms with van der Waals surface area (Å²) in [5.74, 6) is 0. The first-order chi connectivity index (χ1) is 9.55. The Bertz CT molecular complexity index is 466. The minimum Gasteiger partial charge on any atom is -0.296 e. The zero-order chi connectivity index (χ0) is 16.3. The number of aliphatic imine (C=N–C) groups is 1. The van der Waals surface area contributed by atoms with Crippen molar-refractivity contribution in [3.8, 4) is 0 Å². The molecule has 0 N–H and O–H groups in total. The molecule has 1 aliphatic rings. The van der Waals surface area contributed by atoms with Gasteiger partial charge in [-0.15, -0.1) is 0 Å². The predicted molar refractivity (Wildman–Crippen MR) is 96.8 cm³/mol. The van der Waals surface area contributed by atoms with Gasteiger partial charge in [0.1, 0.15) is 9.42 Å². The summed E-state index contributed by atoms with van der Waals surface area (Å²) in [5, 5.41) is 4.57. The molecule has 11 heteroatoms. The molecule has 0 radical (unpaired) electrons. The molecular weight excluding hydrogens is 397 g/mol. The van der Waals surface area contributed by atoms with Crippen LogP contribution in [0.4, 0.5) is 4.79 Å². The van der Waals surface area contributed by atoms with Crippen LogP contribution in [0.5, 0.6) is 0 Å². The molecule has 21 heavy (non-hydrogen) atoms. The van der Waals surface area contributed by atoms with Crippen LogP contribution in [-0.4, -0.2) is 41.3 Å². The van der Waals surface area contributed by atoms with Crippen LogP contribution < -0.4 is 0 Å². The van der Waals surface area contributed by atoms with E-state index in [1.54, 1.807) is 11.8 Å². The van der Waals surface area contributed by atoms with Gasteiger partial charge in [0.25, 0.3) is 3.12 Å². The van der Waals surface area contributed by atoms with Gasteiger partial charge in [-0.1, -0.05) is 51.7 Å². The molecule has 120 valence electrons. The van der Waals surface area contributed by atoms with Gasteiger partial charge in [0.2, 0.25) is 0 Å². The summed E-state index contributed by atoms with van der Waals surface area (Å²) in [6.45, 7) is 6.62. The number of hydrogen-bond donors (Lipinski definition) is 0. The lowest BCUT2D eigenvalue weighted by atomic mass is 10.2. The van der Waals surface area contributed by atoms with Crippen molar-refractivity contribution in [1.82, 2.24) is 4.31 Å².